The van der Waals surface area contributed by atoms with E-state index in [0.29, 0.717) is 23.7 Å². The smallest absolute Gasteiger partial charge is 0.201 e. The highest BCUT2D eigenvalue weighted by atomic mass is 17.3. The Balaban J connectivity index is 1.19. The molecule has 1 aromatic carbocycles. The summed E-state index contributed by atoms with van der Waals surface area (Å²) in [7, 11) is 0. The fourth-order valence-corrected chi connectivity index (χ4v) is 7.32. The highest BCUT2D eigenvalue weighted by molar-refractivity contribution is 5.14. The van der Waals surface area contributed by atoms with Crippen molar-refractivity contribution in [2.45, 2.75) is 76.9 Å². The van der Waals surface area contributed by atoms with Gasteiger partial charge in [-0.3, -0.25) is 9.80 Å². The number of ether oxygens (including phenoxy) is 2. The molecule has 0 aromatic heterocycles. The van der Waals surface area contributed by atoms with Crippen LogP contribution in [-0.2, 0) is 25.8 Å². The number of hydrogen-bond donors (Lipinski definition) is 0. The summed E-state index contributed by atoms with van der Waals surface area (Å²) >= 11 is 0. The number of fused-ring (bicyclic) bond motifs is 2. The van der Waals surface area contributed by atoms with Gasteiger partial charge in [0, 0.05) is 51.0 Å². The van der Waals surface area contributed by atoms with Gasteiger partial charge in [-0.25, -0.2) is 9.78 Å². The van der Waals surface area contributed by atoms with Crippen molar-refractivity contribution in [2.75, 3.05) is 26.2 Å². The van der Waals surface area contributed by atoms with Crippen LogP contribution in [0.5, 0.6) is 0 Å². The molecule has 1 unspecified atom stereocenters. The zero-order chi connectivity index (χ0) is 21.9. The Bertz CT molecular complexity index is 815. The average molecular weight is 443 g/mol. The molecule has 6 heteroatoms. The number of benzene rings is 1. The molecule has 0 amide bonds. The Labute approximate surface area is 192 Å². The number of piperazine rings is 1. The lowest BCUT2D eigenvalue weighted by Crippen LogP contribution is -2.72. The van der Waals surface area contributed by atoms with Crippen LogP contribution in [0.4, 0.5) is 0 Å². The Morgan fingerprint density at radius 1 is 0.938 bits per heavy atom. The molecule has 32 heavy (non-hydrogen) atoms. The molecular weight excluding hydrogens is 404 g/mol. The van der Waals surface area contributed by atoms with Crippen molar-refractivity contribution in [2.24, 2.45) is 23.7 Å². The van der Waals surface area contributed by atoms with Crippen LogP contribution in [0, 0.1) is 23.7 Å². The highest BCUT2D eigenvalue weighted by Gasteiger charge is 2.69. The second-order valence-electron chi connectivity index (χ2n) is 11.1. The van der Waals surface area contributed by atoms with Crippen LogP contribution in [0.2, 0.25) is 0 Å². The van der Waals surface area contributed by atoms with Crippen molar-refractivity contribution in [3.05, 3.63) is 35.9 Å². The Morgan fingerprint density at radius 3 is 2.50 bits per heavy atom. The molecule has 7 rings (SSSR count). The standard InChI is InChI=1S/C26H38N2O4/c1-18-9-10-22-19(2)23(28-15-13-27(14-16-28)17-20-7-5-4-6-8-20)29-24-26(22)21(18)11-12-25(3,30-24)31-32-26/h4-8,18-19,21-24H,9-17H2,1-3H3/t18-,19-,21+,22+,23-,24-,25-,26?/m1/s1. The van der Waals surface area contributed by atoms with Crippen LogP contribution in [0.25, 0.3) is 0 Å². The Hall–Kier alpha value is -1.02. The van der Waals surface area contributed by atoms with Crippen LogP contribution in [0.15, 0.2) is 30.3 Å². The van der Waals surface area contributed by atoms with Crippen molar-refractivity contribution in [3.63, 3.8) is 0 Å². The minimum Gasteiger partial charge on any atom is -0.331 e. The van der Waals surface area contributed by atoms with E-state index >= 15 is 0 Å². The SMILES string of the molecule is C[C@H]1[C@H](N2CCN(Cc3ccccc3)CC2)O[C@@H]2O[C@@]3(C)CC[C@H]4[C@H](C)CC[C@@H]1C24OO3. The molecule has 5 saturated heterocycles. The summed E-state index contributed by atoms with van der Waals surface area (Å²) in [4.78, 5) is 17.4. The summed E-state index contributed by atoms with van der Waals surface area (Å²) < 4.78 is 13.4. The van der Waals surface area contributed by atoms with Crippen LogP contribution < -0.4 is 0 Å². The van der Waals surface area contributed by atoms with Crippen molar-refractivity contribution in [1.82, 2.24) is 9.80 Å². The van der Waals surface area contributed by atoms with Crippen molar-refractivity contribution in [3.8, 4) is 0 Å². The molecule has 1 spiro atoms. The van der Waals surface area contributed by atoms with E-state index in [9.17, 15) is 0 Å². The van der Waals surface area contributed by atoms with Crippen molar-refractivity contribution >= 4 is 0 Å². The van der Waals surface area contributed by atoms with Gasteiger partial charge in [0.1, 0.15) is 6.23 Å². The largest absolute Gasteiger partial charge is 0.331 e. The molecule has 5 aliphatic heterocycles. The zero-order valence-electron chi connectivity index (χ0n) is 19.7. The van der Waals surface area contributed by atoms with Gasteiger partial charge in [0.15, 0.2) is 11.9 Å². The topological polar surface area (TPSA) is 43.4 Å². The number of rotatable bonds is 3. The zero-order valence-corrected chi connectivity index (χ0v) is 19.7. The summed E-state index contributed by atoms with van der Waals surface area (Å²) in [6.45, 7) is 12.0. The fraction of sp³-hybridized carbons (Fsp3) is 0.769. The summed E-state index contributed by atoms with van der Waals surface area (Å²) in [5, 5.41) is 0. The van der Waals surface area contributed by atoms with E-state index in [1.807, 2.05) is 6.92 Å². The van der Waals surface area contributed by atoms with Crippen LogP contribution in [0.3, 0.4) is 0 Å². The molecule has 6 nitrogen and oxygen atoms in total. The first-order valence-electron chi connectivity index (χ1n) is 12.7. The van der Waals surface area contributed by atoms with Crippen molar-refractivity contribution in [1.29, 1.82) is 0 Å². The second kappa shape index (κ2) is 8.03. The molecule has 0 radical (unpaired) electrons. The van der Waals surface area contributed by atoms with Crippen LogP contribution in [0.1, 0.15) is 52.0 Å². The third-order valence-electron chi connectivity index (χ3n) is 9.14. The van der Waals surface area contributed by atoms with E-state index in [1.54, 1.807) is 0 Å². The molecule has 1 aromatic rings. The molecule has 6 aliphatic rings. The van der Waals surface area contributed by atoms with Gasteiger partial charge in [-0.2, -0.15) is 0 Å². The summed E-state index contributed by atoms with van der Waals surface area (Å²) in [5.41, 5.74) is 0.930. The highest BCUT2D eigenvalue weighted by Crippen LogP contribution is 2.60. The van der Waals surface area contributed by atoms with Gasteiger partial charge in [-0.1, -0.05) is 44.2 Å². The molecular formula is C26H38N2O4. The van der Waals surface area contributed by atoms with E-state index in [-0.39, 0.29) is 12.5 Å². The molecule has 8 atom stereocenters. The van der Waals surface area contributed by atoms with E-state index < -0.39 is 11.4 Å². The van der Waals surface area contributed by atoms with Gasteiger partial charge in [-0.15, -0.1) is 0 Å². The van der Waals surface area contributed by atoms with E-state index in [1.165, 1.54) is 12.0 Å². The lowest BCUT2D eigenvalue weighted by molar-refractivity contribution is -0.574. The monoisotopic (exact) mass is 442 g/mol. The van der Waals surface area contributed by atoms with Crippen LogP contribution >= 0.6 is 0 Å². The quantitative estimate of drug-likeness (QED) is 0.659. The lowest BCUT2D eigenvalue weighted by Gasteiger charge is -2.61. The first-order chi connectivity index (χ1) is 15.5. The van der Waals surface area contributed by atoms with Gasteiger partial charge in [-0.05, 0) is 43.6 Å². The number of nitrogens with zero attached hydrogens (tertiary/aromatic N) is 2. The van der Waals surface area contributed by atoms with E-state index in [0.717, 1.165) is 52.0 Å². The van der Waals surface area contributed by atoms with Crippen molar-refractivity contribution < 1.29 is 19.2 Å². The summed E-state index contributed by atoms with van der Waals surface area (Å²) in [6.07, 6.45) is 4.11. The second-order valence-corrected chi connectivity index (χ2v) is 11.1. The summed E-state index contributed by atoms with van der Waals surface area (Å²) in [6, 6.07) is 10.8. The molecule has 2 bridgehead atoms. The van der Waals surface area contributed by atoms with Gasteiger partial charge in [0.05, 0.1) is 0 Å². The molecule has 6 fully saturated rings. The predicted octanol–water partition coefficient (Wildman–Crippen LogP) is 4.01. The first kappa shape index (κ1) is 21.5. The molecule has 5 heterocycles. The Morgan fingerprint density at radius 2 is 1.72 bits per heavy atom. The fourth-order valence-electron chi connectivity index (χ4n) is 7.32. The molecule has 176 valence electrons. The van der Waals surface area contributed by atoms with E-state index in [2.05, 4.69) is 54.0 Å². The maximum Gasteiger partial charge on any atom is 0.201 e. The Kier molecular flexibility index (Phi) is 5.40. The van der Waals surface area contributed by atoms with Gasteiger partial charge < -0.3 is 9.47 Å². The molecule has 0 N–H and O–H groups in total. The summed E-state index contributed by atoms with van der Waals surface area (Å²) in [5.74, 6) is 1.13. The maximum atomic E-state index is 6.83. The third kappa shape index (κ3) is 3.38. The molecule has 1 aliphatic carbocycles. The van der Waals surface area contributed by atoms with E-state index in [4.69, 9.17) is 19.2 Å². The lowest BCUT2D eigenvalue weighted by atomic mass is 9.58. The third-order valence-corrected chi connectivity index (χ3v) is 9.14. The van der Waals surface area contributed by atoms with Gasteiger partial charge in [0.25, 0.3) is 0 Å². The minimum absolute atomic E-state index is 0.0788. The van der Waals surface area contributed by atoms with Crippen LogP contribution in [-0.4, -0.2) is 59.9 Å². The molecule has 1 saturated carbocycles. The normalized spacial score (nSPS) is 47.1. The number of hydrogen-bond acceptors (Lipinski definition) is 6. The minimum atomic E-state index is -0.697. The predicted molar refractivity (Wildman–Crippen MR) is 120 cm³/mol. The maximum absolute atomic E-state index is 6.83. The first-order valence-corrected chi connectivity index (χ1v) is 12.7. The average Bonchev–Trinajstić information content (AvgIpc) is 3.03. The van der Waals surface area contributed by atoms with Gasteiger partial charge >= 0.3 is 0 Å². The van der Waals surface area contributed by atoms with Gasteiger partial charge in [0.2, 0.25) is 5.79 Å².